The van der Waals surface area contributed by atoms with Crippen LogP contribution in [-0.4, -0.2) is 26.2 Å². The number of nitrogens with one attached hydrogen (secondary N) is 1. The Morgan fingerprint density at radius 2 is 2.00 bits per heavy atom. The number of nitrogens with zero attached hydrogens (tertiary/aromatic N) is 3. The topological polar surface area (TPSA) is 62.5 Å². The van der Waals surface area contributed by atoms with Gasteiger partial charge in [0, 0.05) is 36.1 Å². The van der Waals surface area contributed by atoms with Crippen molar-refractivity contribution in [2.24, 2.45) is 0 Å². The number of rotatable bonds is 5. The van der Waals surface area contributed by atoms with E-state index in [1.807, 2.05) is 61.8 Å². The Kier molecular flexibility index (Phi) is 4.64. The fourth-order valence-electron chi connectivity index (χ4n) is 2.99. The molecule has 2 heterocycles. The fraction of sp³-hybridized carbons (Fsp3) is 0.368. The van der Waals surface area contributed by atoms with E-state index in [1.165, 1.54) is 0 Å². The molecule has 0 fully saturated rings. The van der Waals surface area contributed by atoms with Crippen molar-refractivity contribution in [3.8, 4) is 0 Å². The molecule has 0 aliphatic rings. The number of hydrogen-bond acceptors (Lipinski definition) is 4. The predicted molar refractivity (Wildman–Crippen MR) is 95.0 cm³/mol. The van der Waals surface area contributed by atoms with Crippen LogP contribution >= 0.6 is 0 Å². The molecule has 2 N–H and O–H groups in total. The van der Waals surface area contributed by atoms with Gasteiger partial charge in [0.15, 0.2) is 5.65 Å². The Balaban J connectivity index is 1.73. The smallest absolute Gasteiger partial charge is 0.155 e. The summed E-state index contributed by atoms with van der Waals surface area (Å²) >= 11 is 0. The molecule has 0 saturated carbocycles. The zero-order valence-electron chi connectivity index (χ0n) is 14.6. The van der Waals surface area contributed by atoms with E-state index in [2.05, 4.69) is 22.3 Å². The summed E-state index contributed by atoms with van der Waals surface area (Å²) in [5.41, 5.74) is 6.06. The average Bonchev–Trinajstić information content (AvgIpc) is 2.94. The first kappa shape index (κ1) is 16.6. The first-order valence-corrected chi connectivity index (χ1v) is 8.25. The summed E-state index contributed by atoms with van der Waals surface area (Å²) < 4.78 is 1.87. The van der Waals surface area contributed by atoms with E-state index in [0.717, 1.165) is 33.7 Å². The number of benzene rings is 1. The van der Waals surface area contributed by atoms with Crippen molar-refractivity contribution >= 4 is 5.65 Å². The first-order valence-electron chi connectivity index (χ1n) is 8.25. The first-order chi connectivity index (χ1) is 11.5. The third kappa shape index (κ3) is 3.32. The highest BCUT2D eigenvalue weighted by atomic mass is 16.3. The molecule has 5 nitrogen and oxygen atoms in total. The lowest BCUT2D eigenvalue weighted by molar-refractivity contribution is 0.170. The molecule has 1 aromatic carbocycles. The maximum absolute atomic E-state index is 10.4. The third-order valence-electron chi connectivity index (χ3n) is 4.39. The second kappa shape index (κ2) is 6.71. The predicted octanol–water partition coefficient (Wildman–Crippen LogP) is 3.04. The van der Waals surface area contributed by atoms with E-state index in [-0.39, 0.29) is 6.04 Å². The molecule has 0 aliphatic carbocycles. The number of hydrogen-bond donors (Lipinski definition) is 2. The maximum Gasteiger partial charge on any atom is 0.155 e. The van der Waals surface area contributed by atoms with Crippen LogP contribution in [0.3, 0.4) is 0 Å². The third-order valence-corrected chi connectivity index (χ3v) is 4.39. The van der Waals surface area contributed by atoms with Crippen LogP contribution in [0.5, 0.6) is 0 Å². The fourth-order valence-corrected chi connectivity index (χ4v) is 2.99. The summed E-state index contributed by atoms with van der Waals surface area (Å²) in [5.74, 6) is 0. The van der Waals surface area contributed by atoms with Crippen molar-refractivity contribution in [3.05, 3.63) is 64.6 Å². The van der Waals surface area contributed by atoms with Crippen LogP contribution in [0.25, 0.3) is 5.65 Å². The van der Waals surface area contributed by atoms with Gasteiger partial charge >= 0.3 is 0 Å². The minimum atomic E-state index is -0.531. The highest BCUT2D eigenvalue weighted by Gasteiger charge is 2.15. The Hall–Kier alpha value is -2.24. The molecule has 0 aliphatic heterocycles. The van der Waals surface area contributed by atoms with Crippen LogP contribution in [0.2, 0.25) is 0 Å². The number of aliphatic hydroxyl groups excluding tert-OH is 1. The summed E-state index contributed by atoms with van der Waals surface area (Å²) in [6.45, 7) is 8.61. The molecule has 3 rings (SSSR count). The van der Waals surface area contributed by atoms with Gasteiger partial charge in [0.05, 0.1) is 11.8 Å². The van der Waals surface area contributed by atoms with Crippen molar-refractivity contribution in [1.82, 2.24) is 19.9 Å². The Morgan fingerprint density at radius 3 is 2.75 bits per heavy atom. The standard InChI is InChI=1S/C19H24N4O/c1-12-6-5-7-16(8-12)18(24)11-20-14(3)17-10-21-19-9-13(2)22-23(19)15(17)4/h5-10,14,18,20,24H,11H2,1-4H3. The lowest BCUT2D eigenvalue weighted by Gasteiger charge is -2.19. The van der Waals surface area contributed by atoms with Gasteiger partial charge in [-0.15, -0.1) is 0 Å². The lowest BCUT2D eigenvalue weighted by Crippen LogP contribution is -2.26. The van der Waals surface area contributed by atoms with E-state index in [1.54, 1.807) is 0 Å². The molecule has 0 amide bonds. The van der Waals surface area contributed by atoms with Gasteiger partial charge in [-0.25, -0.2) is 9.50 Å². The molecule has 0 spiro atoms. The minimum Gasteiger partial charge on any atom is -0.387 e. The summed E-state index contributed by atoms with van der Waals surface area (Å²) in [7, 11) is 0. The summed E-state index contributed by atoms with van der Waals surface area (Å²) in [6, 6.07) is 10.0. The Morgan fingerprint density at radius 1 is 1.21 bits per heavy atom. The van der Waals surface area contributed by atoms with Crippen molar-refractivity contribution in [1.29, 1.82) is 0 Å². The second-order valence-electron chi connectivity index (χ2n) is 6.41. The van der Waals surface area contributed by atoms with E-state index in [9.17, 15) is 5.11 Å². The van der Waals surface area contributed by atoms with Crippen molar-refractivity contribution in [3.63, 3.8) is 0 Å². The maximum atomic E-state index is 10.4. The van der Waals surface area contributed by atoms with Crippen LogP contribution in [0, 0.1) is 20.8 Å². The molecule has 0 saturated heterocycles. The van der Waals surface area contributed by atoms with Gasteiger partial charge in [0.25, 0.3) is 0 Å². The van der Waals surface area contributed by atoms with Gasteiger partial charge < -0.3 is 10.4 Å². The number of aliphatic hydroxyl groups is 1. The molecule has 3 aromatic rings. The molecular formula is C19H24N4O. The largest absolute Gasteiger partial charge is 0.387 e. The van der Waals surface area contributed by atoms with Gasteiger partial charge in [-0.3, -0.25) is 0 Å². The molecule has 5 heteroatoms. The van der Waals surface area contributed by atoms with Crippen LogP contribution in [-0.2, 0) is 0 Å². The zero-order valence-corrected chi connectivity index (χ0v) is 14.6. The number of aryl methyl sites for hydroxylation is 3. The molecule has 0 radical (unpaired) electrons. The molecular weight excluding hydrogens is 300 g/mol. The molecule has 2 atom stereocenters. The van der Waals surface area contributed by atoms with Crippen molar-refractivity contribution in [2.45, 2.75) is 39.8 Å². The van der Waals surface area contributed by atoms with Gasteiger partial charge in [-0.05, 0) is 33.3 Å². The molecule has 126 valence electrons. The highest BCUT2D eigenvalue weighted by Crippen LogP contribution is 2.20. The van der Waals surface area contributed by atoms with Gasteiger partial charge in [-0.2, -0.15) is 5.10 Å². The number of aromatic nitrogens is 3. The van der Waals surface area contributed by atoms with Crippen LogP contribution in [0.15, 0.2) is 36.5 Å². The Labute approximate surface area is 142 Å². The lowest BCUT2D eigenvalue weighted by atomic mass is 10.1. The van der Waals surface area contributed by atoms with E-state index in [0.29, 0.717) is 6.54 Å². The normalized spacial score (nSPS) is 14.0. The molecule has 2 unspecified atom stereocenters. The minimum absolute atomic E-state index is 0.0749. The molecule has 0 bridgehead atoms. The summed E-state index contributed by atoms with van der Waals surface area (Å²) in [6.07, 6.45) is 1.36. The van der Waals surface area contributed by atoms with E-state index in [4.69, 9.17) is 0 Å². The van der Waals surface area contributed by atoms with Gasteiger partial charge in [0.2, 0.25) is 0 Å². The average molecular weight is 324 g/mol. The molecule has 24 heavy (non-hydrogen) atoms. The van der Waals surface area contributed by atoms with Crippen LogP contribution in [0.4, 0.5) is 0 Å². The van der Waals surface area contributed by atoms with Crippen molar-refractivity contribution < 1.29 is 5.11 Å². The highest BCUT2D eigenvalue weighted by molar-refractivity contribution is 5.42. The Bertz CT molecular complexity index is 856. The number of fused-ring (bicyclic) bond motifs is 1. The van der Waals surface area contributed by atoms with E-state index < -0.39 is 6.10 Å². The monoisotopic (exact) mass is 324 g/mol. The summed E-state index contributed by atoms with van der Waals surface area (Å²) in [4.78, 5) is 4.48. The van der Waals surface area contributed by atoms with Crippen molar-refractivity contribution in [2.75, 3.05) is 6.54 Å². The van der Waals surface area contributed by atoms with Crippen LogP contribution < -0.4 is 5.32 Å². The second-order valence-corrected chi connectivity index (χ2v) is 6.41. The van der Waals surface area contributed by atoms with Gasteiger partial charge in [-0.1, -0.05) is 29.8 Å². The summed E-state index contributed by atoms with van der Waals surface area (Å²) in [5, 5.41) is 18.3. The SMILES string of the molecule is Cc1cccc(C(O)CNC(C)c2cnc3cc(C)nn3c2C)c1. The van der Waals surface area contributed by atoms with Gasteiger partial charge in [0.1, 0.15) is 0 Å². The zero-order chi connectivity index (χ0) is 17.3. The van der Waals surface area contributed by atoms with E-state index >= 15 is 0 Å². The molecule has 2 aromatic heterocycles. The quantitative estimate of drug-likeness (QED) is 0.757. The van der Waals surface area contributed by atoms with Crippen LogP contribution in [0.1, 0.15) is 47.1 Å².